The molecule has 1 aliphatic heterocycles. The second-order valence-electron chi connectivity index (χ2n) is 6.96. The van der Waals surface area contributed by atoms with Crippen LogP contribution in [0.2, 0.25) is 0 Å². The summed E-state index contributed by atoms with van der Waals surface area (Å²) in [5.41, 5.74) is 2.14. The molecule has 7 nitrogen and oxygen atoms in total. The van der Waals surface area contributed by atoms with E-state index >= 15 is 0 Å². The molecule has 1 unspecified atom stereocenters. The minimum atomic E-state index is -1.01. The van der Waals surface area contributed by atoms with Gasteiger partial charge in [0.05, 0.1) is 11.3 Å². The number of hydrogen-bond donors (Lipinski definition) is 3. The van der Waals surface area contributed by atoms with Gasteiger partial charge in [0.1, 0.15) is 11.6 Å². The Labute approximate surface area is 178 Å². The predicted octanol–water partition coefficient (Wildman–Crippen LogP) is 4.10. The van der Waals surface area contributed by atoms with Crippen LogP contribution in [-0.2, 0) is 4.79 Å². The highest BCUT2D eigenvalue weighted by Crippen LogP contribution is 2.33. The van der Waals surface area contributed by atoms with Gasteiger partial charge in [0.2, 0.25) is 0 Å². The van der Waals surface area contributed by atoms with E-state index in [1.54, 1.807) is 55.6 Å². The fourth-order valence-electron chi connectivity index (χ4n) is 3.40. The van der Waals surface area contributed by atoms with Crippen LogP contribution in [0.3, 0.4) is 0 Å². The third-order valence-electron chi connectivity index (χ3n) is 5.03. The first-order chi connectivity index (χ1) is 15.0. The number of carbonyl (C=O) groups is 2. The van der Waals surface area contributed by atoms with Crippen molar-refractivity contribution in [1.82, 2.24) is 0 Å². The summed E-state index contributed by atoms with van der Waals surface area (Å²) in [7, 11) is 1.59. The van der Waals surface area contributed by atoms with E-state index in [-0.39, 0.29) is 23.9 Å². The average Bonchev–Trinajstić information content (AvgIpc) is 2.79. The maximum absolute atomic E-state index is 14.1. The van der Waals surface area contributed by atoms with Gasteiger partial charge in [-0.25, -0.2) is 9.18 Å². The van der Waals surface area contributed by atoms with Crippen molar-refractivity contribution < 1.29 is 23.8 Å². The first-order valence-electron chi connectivity index (χ1n) is 9.58. The van der Waals surface area contributed by atoms with Crippen LogP contribution in [0.5, 0.6) is 5.75 Å². The number of carboxylic acid groups (broad SMARTS) is 1. The number of benzene rings is 3. The Bertz CT molecular complexity index is 1120. The number of nitrogens with one attached hydrogen (secondary N) is 2. The maximum atomic E-state index is 14.1. The molecular formula is C23H20FN3O4. The van der Waals surface area contributed by atoms with E-state index in [1.807, 2.05) is 6.07 Å². The second-order valence-corrected chi connectivity index (χ2v) is 6.96. The summed E-state index contributed by atoms with van der Waals surface area (Å²) in [4.78, 5) is 25.9. The fourth-order valence-corrected chi connectivity index (χ4v) is 3.40. The molecular weight excluding hydrogens is 401 g/mol. The zero-order valence-corrected chi connectivity index (χ0v) is 16.6. The number of anilines is 3. The van der Waals surface area contributed by atoms with Crippen molar-refractivity contribution in [3.63, 3.8) is 0 Å². The quantitative estimate of drug-likeness (QED) is 0.555. The standard InChI is InChI=1S/C23H20FN3O4/c1-25-19-12-20-17(11-18(19)24)22(28)27(13-31-20)16-9-7-15(8-10-16)26-21(23(29)30)14-5-3-2-4-6-14/h2-12,21,25-26H,13H2,1H3,(H,29,30). The van der Waals surface area contributed by atoms with Crippen LogP contribution in [0.15, 0.2) is 66.7 Å². The predicted molar refractivity (Wildman–Crippen MR) is 115 cm³/mol. The largest absolute Gasteiger partial charge is 0.479 e. The lowest BCUT2D eigenvalue weighted by Crippen LogP contribution is -2.38. The number of ether oxygens (including phenoxy) is 1. The molecule has 1 aliphatic rings. The van der Waals surface area contributed by atoms with Gasteiger partial charge in [0.25, 0.3) is 5.91 Å². The van der Waals surface area contributed by atoms with E-state index in [4.69, 9.17) is 4.74 Å². The Hall–Kier alpha value is -4.07. The summed E-state index contributed by atoms with van der Waals surface area (Å²) >= 11 is 0. The molecule has 4 rings (SSSR count). The zero-order valence-electron chi connectivity index (χ0n) is 16.6. The molecule has 1 atom stereocenters. The number of amides is 1. The number of fused-ring (bicyclic) bond motifs is 1. The van der Waals surface area contributed by atoms with Crippen LogP contribution in [0.1, 0.15) is 22.0 Å². The molecule has 0 saturated carbocycles. The summed E-state index contributed by atoms with van der Waals surface area (Å²) in [6.07, 6.45) is 0. The van der Waals surface area contributed by atoms with E-state index in [1.165, 1.54) is 11.0 Å². The summed E-state index contributed by atoms with van der Waals surface area (Å²) in [6.45, 7) is -0.0187. The molecule has 0 fully saturated rings. The van der Waals surface area contributed by atoms with Gasteiger partial charge in [-0.1, -0.05) is 30.3 Å². The van der Waals surface area contributed by atoms with Crippen molar-refractivity contribution in [1.29, 1.82) is 0 Å². The summed E-state index contributed by atoms with van der Waals surface area (Å²) in [5.74, 6) is -1.61. The van der Waals surface area contributed by atoms with E-state index in [2.05, 4.69) is 10.6 Å². The molecule has 0 bridgehead atoms. The minimum absolute atomic E-state index is 0.0187. The van der Waals surface area contributed by atoms with E-state index in [0.29, 0.717) is 22.7 Å². The third-order valence-corrected chi connectivity index (χ3v) is 5.03. The number of rotatable bonds is 6. The van der Waals surface area contributed by atoms with Crippen LogP contribution in [0.25, 0.3) is 0 Å². The van der Waals surface area contributed by atoms with Crippen molar-refractivity contribution in [2.45, 2.75) is 6.04 Å². The Kier molecular flexibility index (Phi) is 5.44. The van der Waals surface area contributed by atoms with Gasteiger partial charge < -0.3 is 20.5 Å². The molecule has 0 radical (unpaired) electrons. The van der Waals surface area contributed by atoms with E-state index in [0.717, 1.165) is 6.07 Å². The molecule has 158 valence electrons. The van der Waals surface area contributed by atoms with Crippen LogP contribution in [-0.4, -0.2) is 30.8 Å². The number of carboxylic acids is 1. The Balaban J connectivity index is 1.54. The molecule has 0 saturated heterocycles. The molecule has 0 aliphatic carbocycles. The van der Waals surface area contributed by atoms with Gasteiger partial charge in [-0.15, -0.1) is 0 Å². The van der Waals surface area contributed by atoms with E-state index in [9.17, 15) is 19.1 Å². The number of nitrogens with zero attached hydrogens (tertiary/aromatic N) is 1. The highest BCUT2D eigenvalue weighted by molar-refractivity contribution is 6.09. The van der Waals surface area contributed by atoms with Gasteiger partial charge in [0.15, 0.2) is 12.8 Å². The summed E-state index contributed by atoms with van der Waals surface area (Å²) in [5, 5.41) is 15.3. The lowest BCUT2D eigenvalue weighted by atomic mass is 10.1. The molecule has 3 N–H and O–H groups in total. The summed E-state index contributed by atoms with van der Waals surface area (Å²) in [6, 6.07) is 17.3. The van der Waals surface area contributed by atoms with Crippen molar-refractivity contribution in [3.05, 3.63) is 83.7 Å². The molecule has 3 aromatic carbocycles. The zero-order chi connectivity index (χ0) is 22.0. The van der Waals surface area contributed by atoms with Crippen LogP contribution in [0.4, 0.5) is 21.5 Å². The molecule has 0 aromatic heterocycles. The third kappa shape index (κ3) is 4.00. The molecule has 1 amide bonds. The smallest absolute Gasteiger partial charge is 0.330 e. The highest BCUT2D eigenvalue weighted by atomic mass is 19.1. The topological polar surface area (TPSA) is 90.9 Å². The van der Waals surface area contributed by atoms with Gasteiger partial charge in [-0.2, -0.15) is 0 Å². The molecule has 1 heterocycles. The van der Waals surface area contributed by atoms with Gasteiger partial charge in [-0.05, 0) is 35.9 Å². The highest BCUT2D eigenvalue weighted by Gasteiger charge is 2.28. The second kappa shape index (κ2) is 8.35. The van der Waals surface area contributed by atoms with E-state index < -0.39 is 17.8 Å². The Morgan fingerprint density at radius 3 is 2.48 bits per heavy atom. The number of carbonyl (C=O) groups excluding carboxylic acids is 1. The lowest BCUT2D eigenvalue weighted by molar-refractivity contribution is -0.138. The number of hydrogen-bond acceptors (Lipinski definition) is 5. The van der Waals surface area contributed by atoms with Gasteiger partial charge >= 0.3 is 5.97 Å². The number of halogens is 1. The van der Waals surface area contributed by atoms with Crippen molar-refractivity contribution >= 4 is 28.9 Å². The van der Waals surface area contributed by atoms with Crippen molar-refractivity contribution in [3.8, 4) is 5.75 Å². The van der Waals surface area contributed by atoms with Crippen molar-refractivity contribution in [2.24, 2.45) is 0 Å². The lowest BCUT2D eigenvalue weighted by Gasteiger charge is -2.29. The van der Waals surface area contributed by atoms with Gasteiger partial charge in [-0.3, -0.25) is 9.69 Å². The minimum Gasteiger partial charge on any atom is -0.479 e. The molecule has 0 spiro atoms. The molecule has 8 heteroatoms. The van der Waals surface area contributed by atoms with Gasteiger partial charge in [0, 0.05) is 24.5 Å². The van der Waals surface area contributed by atoms with Crippen LogP contribution >= 0.6 is 0 Å². The average molecular weight is 421 g/mol. The first-order valence-corrected chi connectivity index (χ1v) is 9.58. The summed E-state index contributed by atoms with van der Waals surface area (Å²) < 4.78 is 19.8. The normalized spacial score (nSPS) is 13.7. The Morgan fingerprint density at radius 2 is 1.84 bits per heavy atom. The van der Waals surface area contributed by atoms with Crippen LogP contribution in [0, 0.1) is 5.82 Å². The molecule has 3 aromatic rings. The fraction of sp³-hybridized carbons (Fsp3) is 0.130. The van der Waals surface area contributed by atoms with Crippen molar-refractivity contribution in [2.75, 3.05) is 29.3 Å². The SMILES string of the molecule is CNc1cc2c(cc1F)C(=O)N(c1ccc(NC(C(=O)O)c3ccccc3)cc1)CO2. The van der Waals surface area contributed by atoms with Crippen LogP contribution < -0.4 is 20.3 Å². The Morgan fingerprint density at radius 1 is 1.13 bits per heavy atom. The molecule has 31 heavy (non-hydrogen) atoms. The monoisotopic (exact) mass is 421 g/mol. The first kappa shape index (κ1) is 20.2. The number of aliphatic carboxylic acids is 1. The maximum Gasteiger partial charge on any atom is 0.330 e.